The van der Waals surface area contributed by atoms with E-state index in [1.165, 1.54) is 25.0 Å². The molecule has 1 heterocycles. The molecule has 0 spiro atoms. The van der Waals surface area contributed by atoms with Gasteiger partial charge in [0.15, 0.2) is 0 Å². The lowest BCUT2D eigenvalue weighted by Crippen LogP contribution is -2.29. The van der Waals surface area contributed by atoms with Crippen LogP contribution in [0.2, 0.25) is 0 Å². The van der Waals surface area contributed by atoms with Crippen molar-refractivity contribution in [2.75, 3.05) is 5.32 Å². The van der Waals surface area contributed by atoms with Crippen LogP contribution < -0.4 is 15.4 Å². The van der Waals surface area contributed by atoms with Crippen molar-refractivity contribution in [3.05, 3.63) is 42.1 Å². The van der Waals surface area contributed by atoms with E-state index in [4.69, 9.17) is 0 Å². The highest BCUT2D eigenvalue weighted by Gasteiger charge is 2.30. The first-order valence-electron chi connectivity index (χ1n) is 8.15. The summed E-state index contributed by atoms with van der Waals surface area (Å²) in [6.45, 7) is -0.596. The third-order valence-electron chi connectivity index (χ3n) is 4.18. The molecular formula is C17H20F2N4O2. The van der Waals surface area contributed by atoms with Gasteiger partial charge in [0.2, 0.25) is 0 Å². The van der Waals surface area contributed by atoms with Gasteiger partial charge in [-0.25, -0.2) is 9.48 Å². The van der Waals surface area contributed by atoms with Gasteiger partial charge in [0.1, 0.15) is 11.6 Å². The molecule has 1 atom stereocenters. The number of nitrogens with one attached hydrogen (secondary N) is 2. The standard InChI is InChI=1S/C17H20F2N4O2/c1-11(13-5-6-13)23-15(7-8-21-23)22-17(24)20-10-12-3-2-4-14(9-12)25-16(18)19/h2-4,7-9,11,13,16H,5-6,10H2,1H3,(H2,20,22,24)/t11-/m0/s1. The summed E-state index contributed by atoms with van der Waals surface area (Å²) in [7, 11) is 0. The van der Waals surface area contributed by atoms with Crippen LogP contribution >= 0.6 is 0 Å². The number of anilines is 1. The molecule has 1 aromatic carbocycles. The van der Waals surface area contributed by atoms with Crippen molar-refractivity contribution >= 4 is 11.8 Å². The van der Waals surface area contributed by atoms with Crippen molar-refractivity contribution in [2.24, 2.45) is 5.92 Å². The molecule has 134 valence electrons. The molecule has 1 aromatic heterocycles. The number of aromatic nitrogens is 2. The van der Waals surface area contributed by atoms with E-state index >= 15 is 0 Å². The second-order valence-electron chi connectivity index (χ2n) is 6.07. The topological polar surface area (TPSA) is 68.2 Å². The summed E-state index contributed by atoms with van der Waals surface area (Å²) in [5.74, 6) is 1.30. The van der Waals surface area contributed by atoms with Gasteiger partial charge in [0, 0.05) is 12.6 Å². The first-order chi connectivity index (χ1) is 12.0. The van der Waals surface area contributed by atoms with Crippen LogP contribution in [0.25, 0.3) is 0 Å². The normalized spacial score (nSPS) is 15.0. The van der Waals surface area contributed by atoms with Crippen LogP contribution in [0.3, 0.4) is 0 Å². The van der Waals surface area contributed by atoms with Crippen molar-refractivity contribution in [3.8, 4) is 5.75 Å². The minimum atomic E-state index is -2.87. The average Bonchev–Trinajstić information content (AvgIpc) is 3.32. The number of halogens is 2. The Bertz CT molecular complexity index is 731. The van der Waals surface area contributed by atoms with Gasteiger partial charge in [-0.05, 0) is 43.4 Å². The summed E-state index contributed by atoms with van der Waals surface area (Å²) in [5, 5.41) is 9.74. The number of carbonyl (C=O) groups is 1. The molecule has 0 unspecified atom stereocenters. The van der Waals surface area contributed by atoms with Gasteiger partial charge < -0.3 is 10.1 Å². The molecule has 2 aromatic rings. The number of alkyl halides is 2. The Morgan fingerprint density at radius 1 is 1.40 bits per heavy atom. The minimum absolute atomic E-state index is 0.0612. The van der Waals surface area contributed by atoms with E-state index in [1.807, 2.05) is 4.68 Å². The fraction of sp³-hybridized carbons (Fsp3) is 0.412. The second kappa shape index (κ2) is 7.50. The zero-order valence-corrected chi connectivity index (χ0v) is 13.8. The maximum atomic E-state index is 12.2. The fourth-order valence-electron chi connectivity index (χ4n) is 2.69. The SMILES string of the molecule is C[C@@H](C1CC1)n1nccc1NC(=O)NCc1cccc(OC(F)F)c1. The van der Waals surface area contributed by atoms with E-state index in [0.29, 0.717) is 17.3 Å². The molecular weight excluding hydrogens is 330 g/mol. The van der Waals surface area contributed by atoms with E-state index in [9.17, 15) is 13.6 Å². The van der Waals surface area contributed by atoms with Crippen LogP contribution in [0.1, 0.15) is 31.4 Å². The second-order valence-corrected chi connectivity index (χ2v) is 6.07. The summed E-state index contributed by atoms with van der Waals surface area (Å²) in [6.07, 6.45) is 4.02. The van der Waals surface area contributed by atoms with Crippen LogP contribution in [0.4, 0.5) is 19.4 Å². The third-order valence-corrected chi connectivity index (χ3v) is 4.18. The van der Waals surface area contributed by atoms with E-state index in [0.717, 1.165) is 0 Å². The van der Waals surface area contributed by atoms with Crippen molar-refractivity contribution < 1.29 is 18.3 Å². The number of carbonyl (C=O) groups excluding carboxylic acids is 1. The van der Waals surface area contributed by atoms with Crippen molar-refractivity contribution in [2.45, 2.75) is 39.0 Å². The number of rotatable bonds is 7. The molecule has 25 heavy (non-hydrogen) atoms. The molecule has 1 fully saturated rings. The maximum absolute atomic E-state index is 12.2. The predicted octanol–water partition coefficient (Wildman–Crippen LogP) is 3.78. The number of hydrogen-bond donors (Lipinski definition) is 2. The number of nitrogens with zero attached hydrogens (tertiary/aromatic N) is 2. The van der Waals surface area contributed by atoms with Crippen molar-refractivity contribution in [1.29, 1.82) is 0 Å². The molecule has 0 bridgehead atoms. The Morgan fingerprint density at radius 3 is 2.92 bits per heavy atom. The number of urea groups is 1. The van der Waals surface area contributed by atoms with E-state index < -0.39 is 6.61 Å². The summed E-state index contributed by atoms with van der Waals surface area (Å²) < 4.78 is 30.6. The summed E-state index contributed by atoms with van der Waals surface area (Å²) in [5.41, 5.74) is 0.660. The average molecular weight is 350 g/mol. The van der Waals surface area contributed by atoms with Gasteiger partial charge in [0.25, 0.3) is 0 Å². The van der Waals surface area contributed by atoms with Crippen LogP contribution in [0.5, 0.6) is 5.75 Å². The molecule has 1 saturated carbocycles. The molecule has 1 aliphatic carbocycles. The lowest BCUT2D eigenvalue weighted by molar-refractivity contribution is -0.0498. The van der Waals surface area contributed by atoms with Gasteiger partial charge >= 0.3 is 12.6 Å². The Labute approximate surface area is 144 Å². The van der Waals surface area contributed by atoms with Gasteiger partial charge in [-0.15, -0.1) is 0 Å². The largest absolute Gasteiger partial charge is 0.435 e. The Balaban J connectivity index is 1.54. The van der Waals surface area contributed by atoms with Crippen LogP contribution in [0, 0.1) is 5.92 Å². The van der Waals surface area contributed by atoms with Crippen molar-refractivity contribution in [3.63, 3.8) is 0 Å². The first kappa shape index (κ1) is 17.2. The quantitative estimate of drug-likeness (QED) is 0.798. The molecule has 8 heteroatoms. The highest BCUT2D eigenvalue weighted by atomic mass is 19.3. The monoisotopic (exact) mass is 350 g/mol. The zero-order chi connectivity index (χ0) is 17.8. The smallest absolute Gasteiger partial charge is 0.387 e. The fourth-order valence-corrected chi connectivity index (χ4v) is 2.69. The molecule has 0 aliphatic heterocycles. The molecule has 0 radical (unpaired) electrons. The van der Waals surface area contributed by atoms with Gasteiger partial charge in [-0.1, -0.05) is 12.1 Å². The lowest BCUT2D eigenvalue weighted by Gasteiger charge is -2.15. The number of amides is 2. The molecule has 2 amide bonds. The van der Waals surface area contributed by atoms with E-state index in [1.54, 1.807) is 24.4 Å². The lowest BCUT2D eigenvalue weighted by atomic mass is 10.2. The van der Waals surface area contributed by atoms with Crippen LogP contribution in [-0.2, 0) is 6.54 Å². The van der Waals surface area contributed by atoms with Crippen LogP contribution in [-0.4, -0.2) is 22.4 Å². The van der Waals surface area contributed by atoms with Gasteiger partial charge in [-0.3, -0.25) is 5.32 Å². The molecule has 3 rings (SSSR count). The predicted molar refractivity (Wildman–Crippen MR) is 88.6 cm³/mol. The molecule has 0 saturated heterocycles. The summed E-state index contributed by atoms with van der Waals surface area (Å²) >= 11 is 0. The molecule has 6 nitrogen and oxygen atoms in total. The highest BCUT2D eigenvalue weighted by molar-refractivity contribution is 5.88. The summed E-state index contributed by atoms with van der Waals surface area (Å²) in [4.78, 5) is 12.1. The zero-order valence-electron chi connectivity index (χ0n) is 13.8. The molecule has 2 N–H and O–H groups in total. The van der Waals surface area contributed by atoms with Gasteiger partial charge in [0.05, 0.1) is 12.2 Å². The van der Waals surface area contributed by atoms with E-state index in [2.05, 4.69) is 27.4 Å². The van der Waals surface area contributed by atoms with Crippen LogP contribution in [0.15, 0.2) is 36.5 Å². The number of ether oxygens (including phenoxy) is 1. The highest BCUT2D eigenvalue weighted by Crippen LogP contribution is 2.40. The maximum Gasteiger partial charge on any atom is 0.387 e. The van der Waals surface area contributed by atoms with Crippen molar-refractivity contribution in [1.82, 2.24) is 15.1 Å². The Morgan fingerprint density at radius 2 is 2.20 bits per heavy atom. The number of hydrogen-bond acceptors (Lipinski definition) is 3. The molecule has 1 aliphatic rings. The Hall–Kier alpha value is -2.64. The Kier molecular flexibility index (Phi) is 5.16. The third kappa shape index (κ3) is 4.68. The number of benzene rings is 1. The first-order valence-corrected chi connectivity index (χ1v) is 8.15. The summed E-state index contributed by atoms with van der Waals surface area (Å²) in [6, 6.07) is 7.82. The minimum Gasteiger partial charge on any atom is -0.435 e. The van der Waals surface area contributed by atoms with Gasteiger partial charge in [-0.2, -0.15) is 13.9 Å². The van der Waals surface area contributed by atoms with E-state index in [-0.39, 0.29) is 24.4 Å².